The van der Waals surface area contributed by atoms with E-state index in [4.69, 9.17) is 19.9 Å². The second-order valence-corrected chi connectivity index (χ2v) is 6.48. The van der Waals surface area contributed by atoms with Gasteiger partial charge in [-0.3, -0.25) is 4.79 Å². The molecule has 3 aromatic carbocycles. The molecule has 0 radical (unpaired) electrons. The Balaban J connectivity index is 1.78. The standard InChI is InChI=1S/C24H22FNO4/c1-28-21-12-8-19(24(26)27)14-18(21)7-3-16-6-11-22(23(13-16)29-2)30-15-17-4-9-20(25)10-5-17/h3-14H,15H2,1-2H3,(H2,26,27)/b7-3+. The van der Waals surface area contributed by atoms with E-state index < -0.39 is 5.91 Å². The molecule has 0 aromatic heterocycles. The SMILES string of the molecule is COc1ccc(C(N)=O)cc1/C=C/c1ccc(OCc2ccc(F)cc2)c(OC)c1. The van der Waals surface area contributed by atoms with Crippen molar-refractivity contribution in [1.82, 2.24) is 0 Å². The predicted octanol–water partition coefficient (Wildman–Crippen LogP) is 4.69. The molecule has 0 heterocycles. The number of hydrogen-bond donors (Lipinski definition) is 1. The van der Waals surface area contributed by atoms with E-state index in [1.54, 1.807) is 50.6 Å². The number of nitrogens with two attached hydrogens (primary N) is 1. The highest BCUT2D eigenvalue weighted by atomic mass is 19.1. The van der Waals surface area contributed by atoms with Crippen molar-refractivity contribution in [3.8, 4) is 17.2 Å². The Morgan fingerprint density at radius 2 is 1.60 bits per heavy atom. The first-order chi connectivity index (χ1) is 14.5. The molecular formula is C24H22FNO4. The van der Waals surface area contributed by atoms with E-state index >= 15 is 0 Å². The molecule has 0 bridgehead atoms. The minimum absolute atomic E-state index is 0.287. The molecule has 0 aliphatic rings. The van der Waals surface area contributed by atoms with E-state index in [2.05, 4.69) is 0 Å². The topological polar surface area (TPSA) is 70.8 Å². The van der Waals surface area contributed by atoms with Gasteiger partial charge in [-0.2, -0.15) is 0 Å². The summed E-state index contributed by atoms with van der Waals surface area (Å²) in [5, 5.41) is 0. The van der Waals surface area contributed by atoms with Crippen LogP contribution in [-0.4, -0.2) is 20.1 Å². The van der Waals surface area contributed by atoms with Crippen LogP contribution in [-0.2, 0) is 6.61 Å². The van der Waals surface area contributed by atoms with Crippen molar-refractivity contribution in [2.24, 2.45) is 5.73 Å². The average Bonchev–Trinajstić information content (AvgIpc) is 2.77. The monoisotopic (exact) mass is 407 g/mol. The van der Waals surface area contributed by atoms with Gasteiger partial charge in [0.1, 0.15) is 18.2 Å². The number of hydrogen-bond acceptors (Lipinski definition) is 4. The maximum Gasteiger partial charge on any atom is 0.248 e. The van der Waals surface area contributed by atoms with Gasteiger partial charge in [0.2, 0.25) is 5.91 Å². The largest absolute Gasteiger partial charge is 0.496 e. The second-order valence-electron chi connectivity index (χ2n) is 6.48. The minimum Gasteiger partial charge on any atom is -0.496 e. The van der Waals surface area contributed by atoms with Gasteiger partial charge in [0.25, 0.3) is 0 Å². The van der Waals surface area contributed by atoms with Gasteiger partial charge in [0, 0.05) is 11.1 Å². The molecule has 154 valence electrons. The molecule has 6 heteroatoms. The third-order valence-electron chi connectivity index (χ3n) is 4.46. The molecule has 1 amide bonds. The maximum absolute atomic E-state index is 13.0. The molecule has 0 atom stereocenters. The molecule has 30 heavy (non-hydrogen) atoms. The van der Waals surface area contributed by atoms with Gasteiger partial charge in [-0.1, -0.05) is 30.4 Å². The zero-order valence-electron chi connectivity index (χ0n) is 16.7. The Bertz CT molecular complexity index is 1060. The molecule has 3 rings (SSSR count). The van der Waals surface area contributed by atoms with Gasteiger partial charge in [-0.05, 0) is 53.6 Å². The van der Waals surface area contributed by atoms with Crippen molar-refractivity contribution >= 4 is 18.1 Å². The summed E-state index contributed by atoms with van der Waals surface area (Å²) in [4.78, 5) is 11.4. The number of primary amides is 1. The Kier molecular flexibility index (Phi) is 6.70. The lowest BCUT2D eigenvalue weighted by molar-refractivity contribution is 0.1000. The van der Waals surface area contributed by atoms with E-state index in [0.29, 0.717) is 29.4 Å². The van der Waals surface area contributed by atoms with Gasteiger partial charge in [-0.15, -0.1) is 0 Å². The number of halogens is 1. The molecule has 0 spiro atoms. The lowest BCUT2D eigenvalue weighted by Gasteiger charge is -2.11. The molecule has 3 aromatic rings. The van der Waals surface area contributed by atoms with Gasteiger partial charge in [0.15, 0.2) is 11.5 Å². The van der Waals surface area contributed by atoms with Gasteiger partial charge in [-0.25, -0.2) is 4.39 Å². The molecule has 2 N–H and O–H groups in total. The molecule has 0 unspecified atom stereocenters. The quantitative estimate of drug-likeness (QED) is 0.550. The lowest BCUT2D eigenvalue weighted by Crippen LogP contribution is -2.10. The first-order valence-electron chi connectivity index (χ1n) is 9.21. The Morgan fingerprint density at radius 1 is 0.900 bits per heavy atom. The molecule has 0 aliphatic carbocycles. The lowest BCUT2D eigenvalue weighted by atomic mass is 10.1. The molecular weight excluding hydrogens is 385 g/mol. The molecule has 0 fully saturated rings. The fraction of sp³-hybridized carbons (Fsp3) is 0.125. The fourth-order valence-electron chi connectivity index (χ4n) is 2.85. The normalized spacial score (nSPS) is 10.8. The molecule has 0 aliphatic heterocycles. The number of rotatable bonds is 8. The van der Waals surface area contributed by atoms with Gasteiger partial charge in [0.05, 0.1) is 14.2 Å². The summed E-state index contributed by atoms with van der Waals surface area (Å²) in [6, 6.07) is 16.6. The highest BCUT2D eigenvalue weighted by molar-refractivity contribution is 5.94. The third kappa shape index (κ3) is 5.17. The summed E-state index contributed by atoms with van der Waals surface area (Å²) in [6.45, 7) is 0.295. The maximum atomic E-state index is 13.0. The van der Waals surface area contributed by atoms with Crippen LogP contribution in [0.2, 0.25) is 0 Å². The Labute approximate surface area is 174 Å². The number of methoxy groups -OCH3 is 2. The second kappa shape index (κ2) is 9.60. The minimum atomic E-state index is -0.503. The summed E-state index contributed by atoms with van der Waals surface area (Å²) in [5.41, 5.74) is 8.21. The molecule has 5 nitrogen and oxygen atoms in total. The smallest absolute Gasteiger partial charge is 0.248 e. The van der Waals surface area contributed by atoms with E-state index in [-0.39, 0.29) is 5.82 Å². The summed E-state index contributed by atoms with van der Waals surface area (Å²) in [5.74, 6) is 0.981. The van der Waals surface area contributed by atoms with Crippen LogP contribution in [0.25, 0.3) is 12.2 Å². The van der Waals surface area contributed by atoms with Crippen molar-refractivity contribution in [2.75, 3.05) is 14.2 Å². The molecule has 0 saturated carbocycles. The number of carbonyl (C=O) groups is 1. The average molecular weight is 407 g/mol. The van der Waals surface area contributed by atoms with Crippen molar-refractivity contribution in [3.63, 3.8) is 0 Å². The van der Waals surface area contributed by atoms with Crippen molar-refractivity contribution in [2.45, 2.75) is 6.61 Å². The van der Waals surface area contributed by atoms with Crippen LogP contribution in [0.4, 0.5) is 4.39 Å². The number of carbonyl (C=O) groups excluding carboxylic acids is 1. The van der Waals surface area contributed by atoms with E-state index in [1.165, 1.54) is 12.1 Å². The first kappa shape index (κ1) is 20.9. The van der Waals surface area contributed by atoms with Gasteiger partial charge >= 0.3 is 0 Å². The van der Waals surface area contributed by atoms with Crippen molar-refractivity contribution in [1.29, 1.82) is 0 Å². The van der Waals surface area contributed by atoms with Crippen LogP contribution < -0.4 is 19.9 Å². The van der Waals surface area contributed by atoms with Crippen LogP contribution >= 0.6 is 0 Å². The van der Waals surface area contributed by atoms with Crippen molar-refractivity contribution < 1.29 is 23.4 Å². The molecule has 0 saturated heterocycles. The highest BCUT2D eigenvalue weighted by Gasteiger charge is 2.08. The third-order valence-corrected chi connectivity index (χ3v) is 4.46. The van der Waals surface area contributed by atoms with Crippen LogP contribution in [0.5, 0.6) is 17.2 Å². The first-order valence-corrected chi connectivity index (χ1v) is 9.21. The number of benzene rings is 3. The zero-order valence-corrected chi connectivity index (χ0v) is 16.7. The van der Waals surface area contributed by atoms with E-state index in [1.807, 2.05) is 24.3 Å². The predicted molar refractivity (Wildman–Crippen MR) is 114 cm³/mol. The van der Waals surface area contributed by atoms with E-state index in [0.717, 1.165) is 16.7 Å². The van der Waals surface area contributed by atoms with Crippen LogP contribution in [0.1, 0.15) is 27.0 Å². The Hall–Kier alpha value is -3.80. The summed E-state index contributed by atoms with van der Waals surface area (Å²) < 4.78 is 29.6. The van der Waals surface area contributed by atoms with E-state index in [9.17, 15) is 9.18 Å². The van der Waals surface area contributed by atoms with Gasteiger partial charge < -0.3 is 19.9 Å². The number of amides is 1. The number of ether oxygens (including phenoxy) is 3. The summed E-state index contributed by atoms with van der Waals surface area (Å²) in [6.07, 6.45) is 3.70. The summed E-state index contributed by atoms with van der Waals surface area (Å²) >= 11 is 0. The zero-order chi connectivity index (χ0) is 21.5. The highest BCUT2D eigenvalue weighted by Crippen LogP contribution is 2.30. The van der Waals surface area contributed by atoms with Crippen LogP contribution in [0, 0.1) is 5.82 Å². The summed E-state index contributed by atoms with van der Waals surface area (Å²) in [7, 11) is 3.12. The van der Waals surface area contributed by atoms with Crippen molar-refractivity contribution in [3.05, 3.63) is 88.7 Å². The Morgan fingerprint density at radius 3 is 2.27 bits per heavy atom. The van der Waals surface area contributed by atoms with Crippen LogP contribution in [0.3, 0.4) is 0 Å². The fourth-order valence-corrected chi connectivity index (χ4v) is 2.85. The van der Waals surface area contributed by atoms with Crippen LogP contribution in [0.15, 0.2) is 60.7 Å².